The Bertz CT molecular complexity index is 632. The number of hydrogen-bond acceptors (Lipinski definition) is 5. The van der Waals surface area contributed by atoms with Crippen LogP contribution in [0.15, 0.2) is 35.5 Å². The molecule has 0 spiro atoms. The first-order valence-corrected chi connectivity index (χ1v) is 6.76. The Labute approximate surface area is 98.6 Å². The quantitative estimate of drug-likeness (QED) is 0.810. The van der Waals surface area contributed by atoms with Crippen LogP contribution in [0.25, 0.3) is 4.91 Å². The summed E-state index contributed by atoms with van der Waals surface area (Å²) in [7, 11) is -3.44. The molecule has 0 aliphatic heterocycles. The van der Waals surface area contributed by atoms with Crippen LogP contribution in [0.1, 0.15) is 15.9 Å². The minimum Gasteiger partial charge on any atom is -0.291 e. The number of sulfone groups is 1. The highest BCUT2D eigenvalue weighted by Gasteiger charge is 2.30. The molecule has 5 nitrogen and oxygen atoms in total. The molecule has 1 unspecified atom stereocenters. The van der Waals surface area contributed by atoms with Crippen molar-refractivity contribution in [3.63, 3.8) is 0 Å². The fourth-order valence-corrected chi connectivity index (χ4v) is 2.75. The minimum atomic E-state index is -3.44. The van der Waals surface area contributed by atoms with Gasteiger partial charge in [-0.05, 0) is 6.08 Å². The zero-order valence-electron chi connectivity index (χ0n) is 9.04. The average Bonchev–Trinajstić information content (AvgIpc) is 2.28. The number of ketones is 1. The lowest BCUT2D eigenvalue weighted by Gasteiger charge is -2.18. The van der Waals surface area contributed by atoms with Crippen LogP contribution in [0, 0.1) is 5.53 Å². The molecule has 0 aromatic heterocycles. The Kier molecular flexibility index (Phi) is 2.66. The fourth-order valence-electron chi connectivity index (χ4n) is 1.80. The molecule has 0 bridgehead atoms. The number of carbonyl (C=O) groups is 1. The van der Waals surface area contributed by atoms with Crippen molar-refractivity contribution in [2.75, 3.05) is 6.26 Å². The second kappa shape index (κ2) is 3.89. The fraction of sp³-hybridized carbons (Fsp3) is 0.182. The lowest BCUT2D eigenvalue weighted by atomic mass is 9.93. The molecule has 1 N–H and O–H groups in total. The van der Waals surface area contributed by atoms with Crippen molar-refractivity contribution in [3.05, 3.63) is 41.5 Å². The second-order valence-corrected chi connectivity index (χ2v) is 5.77. The van der Waals surface area contributed by atoms with Crippen LogP contribution in [0.4, 0.5) is 0 Å². The van der Waals surface area contributed by atoms with E-state index in [1.54, 1.807) is 24.3 Å². The maximum atomic E-state index is 11.9. The van der Waals surface area contributed by atoms with Gasteiger partial charge >= 0.3 is 0 Å². The molecular weight excluding hydrogens is 240 g/mol. The Morgan fingerprint density at radius 3 is 2.35 bits per heavy atom. The van der Waals surface area contributed by atoms with Crippen molar-refractivity contribution < 1.29 is 13.2 Å². The molecule has 1 aliphatic rings. The molecule has 1 aromatic rings. The first-order chi connectivity index (χ1) is 7.95. The lowest BCUT2D eigenvalue weighted by Crippen LogP contribution is -2.24. The van der Waals surface area contributed by atoms with E-state index < -0.39 is 15.9 Å². The van der Waals surface area contributed by atoms with E-state index in [2.05, 4.69) is 5.11 Å². The minimum absolute atomic E-state index is 0.0636. The molecule has 0 saturated carbocycles. The first kappa shape index (κ1) is 11.7. The topological polar surface area (TPSA) is 87.4 Å². The maximum Gasteiger partial charge on any atom is 0.193 e. The van der Waals surface area contributed by atoms with Crippen molar-refractivity contribution in [1.29, 1.82) is 5.53 Å². The molecular formula is C11H10N2O3S. The van der Waals surface area contributed by atoms with Crippen LogP contribution in [-0.4, -0.2) is 26.5 Å². The highest BCUT2D eigenvalue weighted by atomic mass is 32.2. The first-order valence-electron chi connectivity index (χ1n) is 4.87. The number of nitrogens with zero attached hydrogens (tertiary/aromatic N) is 1. The molecule has 17 heavy (non-hydrogen) atoms. The molecule has 0 fully saturated rings. The van der Waals surface area contributed by atoms with E-state index in [9.17, 15) is 13.2 Å². The van der Waals surface area contributed by atoms with Gasteiger partial charge in [0.05, 0.1) is 4.91 Å². The molecule has 1 aliphatic carbocycles. The van der Waals surface area contributed by atoms with E-state index in [4.69, 9.17) is 5.53 Å². The second-order valence-electron chi connectivity index (χ2n) is 3.79. The normalized spacial score (nSPS) is 19.5. The number of fused-ring (bicyclic) bond motifs is 1. The Balaban J connectivity index is 2.75. The van der Waals surface area contributed by atoms with Gasteiger partial charge in [0.1, 0.15) is 0 Å². The van der Waals surface area contributed by atoms with Crippen molar-refractivity contribution >= 4 is 20.5 Å². The van der Waals surface area contributed by atoms with Crippen molar-refractivity contribution in [2.45, 2.75) is 6.04 Å². The van der Waals surface area contributed by atoms with E-state index >= 15 is 0 Å². The van der Waals surface area contributed by atoms with Gasteiger partial charge in [-0.3, -0.25) is 4.79 Å². The predicted molar refractivity (Wildman–Crippen MR) is 62.5 cm³/mol. The summed E-state index contributed by atoms with van der Waals surface area (Å²) >= 11 is 0. The van der Waals surface area contributed by atoms with Crippen LogP contribution in [-0.2, 0) is 9.84 Å². The summed E-state index contributed by atoms with van der Waals surface area (Å²) in [4.78, 5) is 11.9. The van der Waals surface area contributed by atoms with Gasteiger partial charge in [0.25, 0.3) is 0 Å². The molecule has 6 heteroatoms. The summed E-state index contributed by atoms with van der Waals surface area (Å²) in [5.74, 6) is -0.344. The van der Waals surface area contributed by atoms with Crippen LogP contribution < -0.4 is 0 Å². The van der Waals surface area contributed by atoms with Crippen LogP contribution >= 0.6 is 0 Å². The summed E-state index contributed by atoms with van der Waals surface area (Å²) in [5, 5.41) is 3.15. The van der Waals surface area contributed by atoms with Gasteiger partial charge in [-0.15, -0.1) is 0 Å². The summed E-state index contributed by atoms with van der Waals surface area (Å²) in [6.45, 7) is 0. The zero-order valence-corrected chi connectivity index (χ0v) is 9.86. The molecule has 0 amide bonds. The SMILES string of the molecule is CS(=O)(=O)C1=CC(N=N)C(=O)c2ccccc21. The van der Waals surface area contributed by atoms with E-state index in [0.29, 0.717) is 11.1 Å². The van der Waals surface area contributed by atoms with Gasteiger partial charge < -0.3 is 0 Å². The van der Waals surface area contributed by atoms with Crippen LogP contribution in [0.3, 0.4) is 0 Å². The molecule has 0 radical (unpaired) electrons. The van der Waals surface area contributed by atoms with Gasteiger partial charge in [0, 0.05) is 17.4 Å². The van der Waals surface area contributed by atoms with Gasteiger partial charge in [0.15, 0.2) is 21.7 Å². The van der Waals surface area contributed by atoms with Gasteiger partial charge in [-0.25, -0.2) is 13.9 Å². The van der Waals surface area contributed by atoms with E-state index in [1.807, 2.05) is 0 Å². The molecule has 1 aromatic carbocycles. The summed E-state index contributed by atoms with van der Waals surface area (Å²) < 4.78 is 23.3. The summed E-state index contributed by atoms with van der Waals surface area (Å²) in [6.07, 6.45) is 2.30. The molecule has 0 heterocycles. The third-order valence-electron chi connectivity index (χ3n) is 2.57. The largest absolute Gasteiger partial charge is 0.291 e. The van der Waals surface area contributed by atoms with Gasteiger partial charge in [-0.1, -0.05) is 24.3 Å². The number of Topliss-reactive ketones (excluding diaryl/α,β-unsaturated/α-hetero) is 1. The lowest BCUT2D eigenvalue weighted by molar-refractivity contribution is 0.0974. The smallest absolute Gasteiger partial charge is 0.193 e. The van der Waals surface area contributed by atoms with E-state index in [-0.39, 0.29) is 10.7 Å². The Morgan fingerprint density at radius 2 is 1.82 bits per heavy atom. The molecule has 0 saturated heterocycles. The number of carbonyl (C=O) groups excluding carboxylic acids is 1. The highest BCUT2D eigenvalue weighted by Crippen LogP contribution is 2.30. The molecule has 88 valence electrons. The summed E-state index contributed by atoms with van der Waals surface area (Å²) in [6, 6.07) is 5.43. The van der Waals surface area contributed by atoms with Gasteiger partial charge in [-0.2, -0.15) is 5.11 Å². The average molecular weight is 250 g/mol. The Morgan fingerprint density at radius 1 is 1.24 bits per heavy atom. The zero-order chi connectivity index (χ0) is 12.6. The van der Waals surface area contributed by atoms with E-state index in [0.717, 1.165) is 6.26 Å². The van der Waals surface area contributed by atoms with Crippen LogP contribution in [0.5, 0.6) is 0 Å². The standard InChI is InChI=1S/C11H10N2O3S/c1-17(15,16)10-6-9(13-12)11(14)8-5-3-2-4-7(8)10/h2-6,9,12H,1H3. The predicted octanol–water partition coefficient (Wildman–Crippen LogP) is 1.67. The monoisotopic (exact) mass is 250 g/mol. The Hall–Kier alpha value is -1.82. The van der Waals surface area contributed by atoms with Crippen molar-refractivity contribution in [3.8, 4) is 0 Å². The highest BCUT2D eigenvalue weighted by molar-refractivity contribution is 8.00. The van der Waals surface area contributed by atoms with Crippen molar-refractivity contribution in [1.82, 2.24) is 0 Å². The van der Waals surface area contributed by atoms with Crippen molar-refractivity contribution in [2.24, 2.45) is 5.11 Å². The third kappa shape index (κ3) is 1.91. The maximum absolute atomic E-state index is 11.9. The number of benzene rings is 1. The molecule has 1 atom stereocenters. The number of rotatable bonds is 2. The molecule has 2 rings (SSSR count). The van der Waals surface area contributed by atoms with E-state index in [1.165, 1.54) is 6.08 Å². The number of hydrogen-bond donors (Lipinski definition) is 1. The van der Waals surface area contributed by atoms with Gasteiger partial charge in [0.2, 0.25) is 0 Å². The third-order valence-corrected chi connectivity index (χ3v) is 3.73. The summed E-state index contributed by atoms with van der Waals surface area (Å²) in [5.41, 5.74) is 7.62. The number of nitrogens with one attached hydrogen (secondary N) is 1. The van der Waals surface area contributed by atoms with Crippen LogP contribution in [0.2, 0.25) is 0 Å².